The zero-order valence-electron chi connectivity index (χ0n) is 10.5. The first-order valence-electron chi connectivity index (χ1n) is 6.09. The van der Waals surface area contributed by atoms with Gasteiger partial charge in [0.1, 0.15) is 0 Å². The van der Waals surface area contributed by atoms with E-state index in [1.54, 1.807) is 36.4 Å². The summed E-state index contributed by atoms with van der Waals surface area (Å²) in [4.78, 5) is 0.253. The third kappa shape index (κ3) is 2.23. The van der Waals surface area contributed by atoms with E-state index >= 15 is 0 Å². The van der Waals surface area contributed by atoms with Gasteiger partial charge in [0.05, 0.1) is 10.6 Å². The van der Waals surface area contributed by atoms with Crippen LogP contribution in [0, 0.1) is 0 Å². The van der Waals surface area contributed by atoms with Crippen molar-refractivity contribution in [2.45, 2.75) is 9.92 Å². The van der Waals surface area contributed by atoms with Gasteiger partial charge in [0.15, 0.2) is 5.03 Å². The minimum atomic E-state index is -3.54. The van der Waals surface area contributed by atoms with Crippen LogP contribution in [0.2, 0.25) is 0 Å². The highest BCUT2D eigenvalue weighted by Crippen LogP contribution is 2.23. The molecule has 0 saturated carbocycles. The number of aromatic nitrogens is 2. The number of sulfone groups is 1. The normalized spacial score (nSPS) is 11.4. The van der Waals surface area contributed by atoms with Gasteiger partial charge in [-0.2, -0.15) is 5.10 Å². The van der Waals surface area contributed by atoms with Crippen LogP contribution in [0.1, 0.15) is 0 Å². The maximum atomic E-state index is 12.4. The van der Waals surface area contributed by atoms with Crippen molar-refractivity contribution in [1.82, 2.24) is 10.2 Å². The molecule has 0 spiro atoms. The molecule has 3 aromatic rings. The molecule has 0 atom stereocenters. The highest BCUT2D eigenvalue weighted by atomic mass is 32.2. The van der Waals surface area contributed by atoms with Crippen molar-refractivity contribution in [3.8, 4) is 11.3 Å². The van der Waals surface area contributed by atoms with Crippen LogP contribution in [0.5, 0.6) is 0 Å². The fourth-order valence-corrected chi connectivity index (χ4v) is 3.13. The summed E-state index contributed by atoms with van der Waals surface area (Å²) in [6, 6.07) is 19.3. The molecule has 0 aliphatic rings. The van der Waals surface area contributed by atoms with Gasteiger partial charge in [-0.15, -0.1) is 0 Å². The van der Waals surface area contributed by atoms with E-state index in [-0.39, 0.29) is 9.92 Å². The topological polar surface area (TPSA) is 62.8 Å². The summed E-state index contributed by atoms with van der Waals surface area (Å²) in [6.07, 6.45) is 0. The van der Waals surface area contributed by atoms with E-state index in [9.17, 15) is 8.42 Å². The van der Waals surface area contributed by atoms with Crippen molar-refractivity contribution < 1.29 is 8.42 Å². The molecule has 1 heterocycles. The fraction of sp³-hybridized carbons (Fsp3) is 0. The van der Waals surface area contributed by atoms with Crippen LogP contribution < -0.4 is 0 Å². The van der Waals surface area contributed by atoms with Gasteiger partial charge in [-0.3, -0.25) is 5.10 Å². The number of hydrogen-bond donors (Lipinski definition) is 1. The molecule has 0 radical (unpaired) electrons. The molecular weight excluding hydrogens is 272 g/mol. The Kier molecular flexibility index (Phi) is 3.12. The fourth-order valence-electron chi connectivity index (χ4n) is 1.93. The van der Waals surface area contributed by atoms with E-state index in [1.165, 1.54) is 0 Å². The summed E-state index contributed by atoms with van der Waals surface area (Å²) in [5.41, 5.74) is 1.48. The zero-order valence-corrected chi connectivity index (χ0v) is 11.3. The predicted molar refractivity (Wildman–Crippen MR) is 75.9 cm³/mol. The van der Waals surface area contributed by atoms with Gasteiger partial charge in [0, 0.05) is 11.6 Å². The molecular formula is C15H12N2O2S. The van der Waals surface area contributed by atoms with Crippen molar-refractivity contribution in [3.63, 3.8) is 0 Å². The van der Waals surface area contributed by atoms with Gasteiger partial charge in [-0.1, -0.05) is 48.5 Å². The van der Waals surface area contributed by atoms with Crippen LogP contribution in [0.3, 0.4) is 0 Å². The highest BCUT2D eigenvalue weighted by molar-refractivity contribution is 7.91. The largest absolute Gasteiger partial charge is 0.266 e. The molecule has 0 aliphatic carbocycles. The maximum Gasteiger partial charge on any atom is 0.223 e. The quantitative estimate of drug-likeness (QED) is 0.804. The van der Waals surface area contributed by atoms with E-state index in [2.05, 4.69) is 10.2 Å². The summed E-state index contributed by atoms with van der Waals surface area (Å²) in [5, 5.41) is 6.78. The molecule has 5 heteroatoms. The summed E-state index contributed by atoms with van der Waals surface area (Å²) in [5.74, 6) is 0. The predicted octanol–water partition coefficient (Wildman–Crippen LogP) is 2.91. The Morgan fingerprint density at radius 3 is 2.10 bits per heavy atom. The van der Waals surface area contributed by atoms with E-state index < -0.39 is 9.84 Å². The summed E-state index contributed by atoms with van der Waals surface area (Å²) in [7, 11) is -3.54. The van der Waals surface area contributed by atoms with E-state index in [1.807, 2.05) is 30.3 Å². The van der Waals surface area contributed by atoms with Gasteiger partial charge >= 0.3 is 0 Å². The molecule has 20 heavy (non-hydrogen) atoms. The first kappa shape index (κ1) is 12.6. The smallest absolute Gasteiger partial charge is 0.223 e. The van der Waals surface area contributed by atoms with Crippen LogP contribution in [0.4, 0.5) is 0 Å². The summed E-state index contributed by atoms with van der Waals surface area (Å²) in [6.45, 7) is 0. The molecule has 0 aliphatic heterocycles. The number of H-pyrrole nitrogens is 1. The Morgan fingerprint density at radius 1 is 0.850 bits per heavy atom. The van der Waals surface area contributed by atoms with Gasteiger partial charge in [-0.05, 0) is 12.1 Å². The first-order valence-corrected chi connectivity index (χ1v) is 7.57. The van der Waals surface area contributed by atoms with Gasteiger partial charge in [0.25, 0.3) is 0 Å². The highest BCUT2D eigenvalue weighted by Gasteiger charge is 2.20. The Balaban J connectivity index is 2.03. The van der Waals surface area contributed by atoms with E-state index in [0.717, 1.165) is 5.56 Å². The van der Waals surface area contributed by atoms with E-state index in [0.29, 0.717) is 5.69 Å². The Labute approximate surface area is 117 Å². The zero-order chi connectivity index (χ0) is 14.0. The summed E-state index contributed by atoms with van der Waals surface area (Å²) >= 11 is 0. The van der Waals surface area contributed by atoms with Crippen molar-refractivity contribution in [3.05, 3.63) is 66.7 Å². The van der Waals surface area contributed by atoms with Crippen molar-refractivity contribution in [1.29, 1.82) is 0 Å². The first-order chi connectivity index (χ1) is 9.68. The molecule has 0 fully saturated rings. The number of nitrogens with zero attached hydrogens (tertiary/aromatic N) is 1. The molecule has 0 unspecified atom stereocenters. The van der Waals surface area contributed by atoms with Crippen LogP contribution >= 0.6 is 0 Å². The summed E-state index contributed by atoms with van der Waals surface area (Å²) < 4.78 is 24.8. The van der Waals surface area contributed by atoms with Crippen LogP contribution in [-0.2, 0) is 9.84 Å². The third-order valence-corrected chi connectivity index (χ3v) is 4.65. The molecule has 1 aromatic heterocycles. The van der Waals surface area contributed by atoms with Gasteiger partial charge in [-0.25, -0.2) is 8.42 Å². The SMILES string of the molecule is O=S(=O)(c1ccccc1)c1cc(-c2ccccc2)n[nH]1. The lowest BCUT2D eigenvalue weighted by Gasteiger charge is -2.00. The number of benzene rings is 2. The second kappa shape index (κ2) is 4.94. The average Bonchev–Trinajstić information content (AvgIpc) is 3.00. The number of nitrogens with one attached hydrogen (secondary N) is 1. The van der Waals surface area contributed by atoms with Crippen molar-refractivity contribution in [2.75, 3.05) is 0 Å². The van der Waals surface area contributed by atoms with Crippen molar-refractivity contribution >= 4 is 9.84 Å². The molecule has 100 valence electrons. The molecule has 0 amide bonds. The Hall–Kier alpha value is -2.40. The van der Waals surface area contributed by atoms with E-state index in [4.69, 9.17) is 0 Å². The molecule has 0 saturated heterocycles. The van der Waals surface area contributed by atoms with Gasteiger partial charge < -0.3 is 0 Å². The Morgan fingerprint density at radius 2 is 1.45 bits per heavy atom. The second-order valence-corrected chi connectivity index (χ2v) is 6.22. The molecule has 4 nitrogen and oxygen atoms in total. The minimum absolute atomic E-state index is 0.0996. The van der Waals surface area contributed by atoms with Crippen LogP contribution in [0.15, 0.2) is 76.7 Å². The molecule has 0 bridgehead atoms. The van der Waals surface area contributed by atoms with Crippen LogP contribution in [-0.4, -0.2) is 18.6 Å². The third-order valence-electron chi connectivity index (χ3n) is 2.97. The molecule has 3 rings (SSSR count). The number of rotatable bonds is 3. The standard InChI is InChI=1S/C15H12N2O2S/c18-20(19,13-9-5-2-6-10-13)15-11-14(16-17-15)12-7-3-1-4-8-12/h1-11H,(H,16,17). The number of aromatic amines is 1. The van der Waals surface area contributed by atoms with Crippen LogP contribution in [0.25, 0.3) is 11.3 Å². The lowest BCUT2D eigenvalue weighted by Crippen LogP contribution is -2.01. The average molecular weight is 284 g/mol. The monoisotopic (exact) mass is 284 g/mol. The number of hydrogen-bond acceptors (Lipinski definition) is 3. The van der Waals surface area contributed by atoms with Crippen molar-refractivity contribution in [2.24, 2.45) is 0 Å². The minimum Gasteiger partial charge on any atom is -0.266 e. The lowest BCUT2D eigenvalue weighted by atomic mass is 10.2. The van der Waals surface area contributed by atoms with Gasteiger partial charge in [0.2, 0.25) is 9.84 Å². The molecule has 1 N–H and O–H groups in total. The Bertz CT molecular complexity index is 809. The second-order valence-electron chi connectivity index (χ2n) is 4.30. The maximum absolute atomic E-state index is 12.4. The molecule has 2 aromatic carbocycles. The lowest BCUT2D eigenvalue weighted by molar-refractivity contribution is 0.592.